The summed E-state index contributed by atoms with van der Waals surface area (Å²) in [4.78, 5) is 13.1. The maximum Gasteiger partial charge on any atom is 0.417 e. The Hall–Kier alpha value is -2.07. The van der Waals surface area contributed by atoms with E-state index >= 15 is 0 Å². The van der Waals surface area contributed by atoms with Crippen molar-refractivity contribution in [1.82, 2.24) is 0 Å². The number of nitrogens with zero attached hydrogens (tertiary/aromatic N) is 2. The van der Waals surface area contributed by atoms with Gasteiger partial charge in [-0.2, -0.15) is 18.4 Å². The van der Waals surface area contributed by atoms with Crippen molar-refractivity contribution in [1.29, 1.82) is 5.26 Å². The van der Waals surface area contributed by atoms with E-state index in [4.69, 9.17) is 5.26 Å². The van der Waals surface area contributed by atoms with Crippen LogP contribution < -0.4 is 4.90 Å². The number of anilines is 1. The predicted molar refractivity (Wildman–Crippen MR) is 68.3 cm³/mol. The van der Waals surface area contributed by atoms with Gasteiger partial charge in [-0.15, -0.1) is 0 Å². The van der Waals surface area contributed by atoms with Gasteiger partial charge in [-0.3, -0.25) is 4.79 Å². The van der Waals surface area contributed by atoms with Crippen molar-refractivity contribution in [3.63, 3.8) is 0 Å². The summed E-state index contributed by atoms with van der Waals surface area (Å²) >= 11 is 0. The molecule has 1 amide bonds. The summed E-state index contributed by atoms with van der Waals surface area (Å²) in [6.07, 6.45) is -5.26. The van der Waals surface area contributed by atoms with Crippen LogP contribution in [0.4, 0.5) is 18.9 Å². The first-order valence-electron chi connectivity index (χ1n) is 6.41. The first kappa shape index (κ1) is 15.3. The van der Waals surface area contributed by atoms with E-state index in [1.54, 1.807) is 6.92 Å². The van der Waals surface area contributed by atoms with Crippen molar-refractivity contribution in [2.75, 3.05) is 4.90 Å². The Labute approximate surface area is 119 Å². The largest absolute Gasteiger partial charge is 0.417 e. The standard InChI is InChI=1S/C14H13F3N2O2/c1-2-11-12(20)6-13(21)19(11)9-4-3-8(7-18)10(5-9)14(15,16)17/h3-5,11-12,20H,2,6H2,1H3/t11-,12?/m0/s1. The highest BCUT2D eigenvalue weighted by molar-refractivity contribution is 5.97. The molecule has 1 heterocycles. The lowest BCUT2D eigenvalue weighted by Gasteiger charge is -2.26. The van der Waals surface area contributed by atoms with Gasteiger partial charge >= 0.3 is 6.18 Å². The fourth-order valence-corrected chi connectivity index (χ4v) is 2.57. The molecule has 1 aromatic carbocycles. The zero-order chi connectivity index (χ0) is 15.8. The van der Waals surface area contributed by atoms with Crippen LogP contribution in [0.5, 0.6) is 0 Å². The lowest BCUT2D eigenvalue weighted by Crippen LogP contribution is -2.36. The second-order valence-corrected chi connectivity index (χ2v) is 4.85. The minimum absolute atomic E-state index is 0.0507. The molecule has 1 N–H and O–H groups in total. The smallest absolute Gasteiger partial charge is 0.390 e. The summed E-state index contributed by atoms with van der Waals surface area (Å²) in [5, 5.41) is 18.5. The Morgan fingerprint density at radius 1 is 1.48 bits per heavy atom. The van der Waals surface area contributed by atoms with Gasteiger partial charge in [-0.1, -0.05) is 6.92 Å². The number of nitriles is 1. The first-order valence-corrected chi connectivity index (χ1v) is 6.41. The van der Waals surface area contributed by atoms with Crippen LogP contribution in [0, 0.1) is 11.3 Å². The van der Waals surface area contributed by atoms with Gasteiger partial charge in [0.15, 0.2) is 0 Å². The van der Waals surface area contributed by atoms with E-state index in [1.165, 1.54) is 17.0 Å². The number of hydrogen-bond donors (Lipinski definition) is 1. The topological polar surface area (TPSA) is 64.3 Å². The second kappa shape index (κ2) is 5.37. The molecule has 0 saturated carbocycles. The number of hydrogen-bond acceptors (Lipinski definition) is 3. The molecule has 1 fully saturated rings. The van der Waals surface area contributed by atoms with Crippen LogP contribution >= 0.6 is 0 Å². The van der Waals surface area contributed by atoms with Crippen LogP contribution in [0.2, 0.25) is 0 Å². The van der Waals surface area contributed by atoms with Crippen LogP contribution in [0.15, 0.2) is 18.2 Å². The number of benzene rings is 1. The van der Waals surface area contributed by atoms with Gasteiger partial charge in [0.2, 0.25) is 5.91 Å². The molecule has 2 rings (SSSR count). The van der Waals surface area contributed by atoms with Crippen molar-refractivity contribution >= 4 is 11.6 Å². The summed E-state index contributed by atoms with van der Waals surface area (Å²) in [6.45, 7) is 1.74. The van der Waals surface area contributed by atoms with Gasteiger partial charge in [-0.25, -0.2) is 0 Å². The Morgan fingerprint density at radius 3 is 2.67 bits per heavy atom. The third-order valence-electron chi connectivity index (χ3n) is 3.55. The number of halogens is 3. The van der Waals surface area contributed by atoms with Gasteiger partial charge in [0.1, 0.15) is 0 Å². The van der Waals surface area contributed by atoms with Gasteiger partial charge in [0.25, 0.3) is 0 Å². The van der Waals surface area contributed by atoms with E-state index in [2.05, 4.69) is 0 Å². The highest BCUT2D eigenvalue weighted by Gasteiger charge is 2.40. The number of alkyl halides is 3. The van der Waals surface area contributed by atoms with Crippen LogP contribution in [0.1, 0.15) is 30.9 Å². The monoisotopic (exact) mass is 298 g/mol. The lowest BCUT2D eigenvalue weighted by molar-refractivity contribution is -0.137. The molecule has 0 aromatic heterocycles. The lowest BCUT2D eigenvalue weighted by atomic mass is 10.1. The molecule has 1 aliphatic rings. The number of aliphatic hydroxyl groups is 1. The Balaban J connectivity index is 2.51. The normalized spacial score (nSPS) is 22.5. The molecule has 1 unspecified atom stereocenters. The molecular formula is C14H13F3N2O2. The first-order chi connectivity index (χ1) is 9.79. The van der Waals surface area contributed by atoms with Crippen molar-refractivity contribution in [2.24, 2.45) is 0 Å². The minimum atomic E-state index is -4.68. The molecule has 0 bridgehead atoms. The average Bonchev–Trinajstić information content (AvgIpc) is 2.71. The summed E-state index contributed by atoms with van der Waals surface area (Å²) in [5.74, 6) is -0.424. The molecule has 0 aliphatic carbocycles. The van der Waals surface area contributed by atoms with Gasteiger partial charge in [0, 0.05) is 5.69 Å². The zero-order valence-corrected chi connectivity index (χ0v) is 11.2. The minimum Gasteiger partial charge on any atom is -0.390 e. The Kier molecular flexibility index (Phi) is 3.92. The van der Waals surface area contributed by atoms with E-state index in [-0.39, 0.29) is 12.1 Å². The van der Waals surface area contributed by atoms with Crippen LogP contribution in [-0.2, 0) is 11.0 Å². The summed E-state index contributed by atoms with van der Waals surface area (Å²) in [5.41, 5.74) is -1.52. The summed E-state index contributed by atoms with van der Waals surface area (Å²) in [6, 6.07) is 4.07. The van der Waals surface area contributed by atoms with Gasteiger partial charge < -0.3 is 10.0 Å². The highest BCUT2D eigenvalue weighted by atomic mass is 19.4. The molecule has 0 spiro atoms. The third kappa shape index (κ3) is 2.72. The predicted octanol–water partition coefficient (Wildman–Crippen LogP) is 2.45. The number of carbonyl (C=O) groups excluding carboxylic acids is 1. The molecule has 1 aromatic rings. The second-order valence-electron chi connectivity index (χ2n) is 4.85. The number of carbonyl (C=O) groups is 1. The molecule has 112 valence electrons. The molecular weight excluding hydrogens is 285 g/mol. The maximum absolute atomic E-state index is 13.0. The SMILES string of the molecule is CC[C@H]1C(O)CC(=O)N1c1ccc(C#N)c(C(F)(F)F)c1. The fraction of sp³-hybridized carbons (Fsp3) is 0.429. The fourth-order valence-electron chi connectivity index (χ4n) is 2.57. The molecule has 2 atom stereocenters. The van der Waals surface area contributed by atoms with Crippen LogP contribution in [0.3, 0.4) is 0 Å². The number of aliphatic hydroxyl groups excluding tert-OH is 1. The van der Waals surface area contributed by atoms with E-state index in [0.29, 0.717) is 6.42 Å². The van der Waals surface area contributed by atoms with Crippen LogP contribution in [-0.4, -0.2) is 23.2 Å². The zero-order valence-electron chi connectivity index (χ0n) is 11.2. The van der Waals surface area contributed by atoms with Crippen LogP contribution in [0.25, 0.3) is 0 Å². The Bertz CT molecular complexity index is 607. The molecule has 21 heavy (non-hydrogen) atoms. The highest BCUT2D eigenvalue weighted by Crippen LogP contribution is 2.36. The number of rotatable bonds is 2. The van der Waals surface area contributed by atoms with E-state index < -0.39 is 35.4 Å². The molecule has 1 saturated heterocycles. The van der Waals surface area contributed by atoms with Gasteiger partial charge in [0.05, 0.1) is 35.8 Å². The molecule has 4 nitrogen and oxygen atoms in total. The maximum atomic E-state index is 13.0. The summed E-state index contributed by atoms with van der Waals surface area (Å²) < 4.78 is 38.9. The third-order valence-corrected chi connectivity index (χ3v) is 3.55. The van der Waals surface area contributed by atoms with Crippen molar-refractivity contribution < 1.29 is 23.1 Å². The molecule has 7 heteroatoms. The van der Waals surface area contributed by atoms with Crippen molar-refractivity contribution in [3.05, 3.63) is 29.3 Å². The van der Waals surface area contributed by atoms with Crippen molar-refractivity contribution in [2.45, 2.75) is 38.1 Å². The average molecular weight is 298 g/mol. The Morgan fingerprint density at radius 2 is 2.14 bits per heavy atom. The van der Waals surface area contributed by atoms with Crippen molar-refractivity contribution in [3.8, 4) is 6.07 Å². The van der Waals surface area contributed by atoms with E-state index in [1.807, 2.05) is 0 Å². The summed E-state index contributed by atoms with van der Waals surface area (Å²) in [7, 11) is 0. The molecule has 1 aliphatic heterocycles. The van der Waals surface area contributed by atoms with Gasteiger partial charge in [-0.05, 0) is 24.6 Å². The van der Waals surface area contributed by atoms with E-state index in [9.17, 15) is 23.1 Å². The number of amides is 1. The quantitative estimate of drug-likeness (QED) is 0.912. The molecule has 0 radical (unpaired) electrons. The van der Waals surface area contributed by atoms with E-state index in [0.717, 1.165) is 12.1 Å².